The zero-order valence-electron chi connectivity index (χ0n) is 15.5. The lowest BCUT2D eigenvalue weighted by Crippen LogP contribution is -2.50. The average molecular weight is 341 g/mol. The summed E-state index contributed by atoms with van der Waals surface area (Å²) in [5, 5.41) is 7.38. The number of nitrogens with zero attached hydrogens (tertiary/aromatic N) is 4. The molecule has 1 N–H and O–H groups in total. The molecule has 25 heavy (non-hydrogen) atoms. The van der Waals surface area contributed by atoms with E-state index >= 15 is 0 Å². The van der Waals surface area contributed by atoms with Gasteiger partial charge >= 0.3 is 6.03 Å². The Labute approximate surface area is 149 Å². The Kier molecular flexibility index (Phi) is 4.97. The second-order valence-corrected chi connectivity index (χ2v) is 6.71. The van der Waals surface area contributed by atoms with Gasteiger partial charge in [-0.3, -0.25) is 4.68 Å². The van der Waals surface area contributed by atoms with E-state index in [1.165, 1.54) is 16.8 Å². The first-order valence-electron chi connectivity index (χ1n) is 8.88. The Morgan fingerprint density at radius 1 is 1.20 bits per heavy atom. The number of aryl methyl sites for hydroxylation is 4. The van der Waals surface area contributed by atoms with Gasteiger partial charge in [-0.2, -0.15) is 5.10 Å². The molecule has 1 fully saturated rings. The van der Waals surface area contributed by atoms with E-state index in [1.807, 2.05) is 25.1 Å². The fraction of sp³-hybridized carbons (Fsp3) is 0.474. The highest BCUT2D eigenvalue weighted by molar-refractivity contribution is 5.90. The number of carbonyl (C=O) groups is 1. The molecule has 0 spiro atoms. The standard InChI is InChI=1S/C19H27N5O/c1-5-16-17(13-22(4)21-16)20-19(25)24-10-8-23(9-11-24)18-12-14(2)6-7-15(18)3/h6-7,12-13H,5,8-11H2,1-4H3,(H,20,25). The third-order valence-corrected chi connectivity index (χ3v) is 4.75. The minimum Gasteiger partial charge on any atom is -0.368 e. The quantitative estimate of drug-likeness (QED) is 0.934. The molecule has 1 aliphatic rings. The Morgan fingerprint density at radius 3 is 2.60 bits per heavy atom. The molecule has 134 valence electrons. The lowest BCUT2D eigenvalue weighted by molar-refractivity contribution is 0.208. The van der Waals surface area contributed by atoms with Gasteiger partial charge in [0.1, 0.15) is 0 Å². The molecule has 2 heterocycles. The second-order valence-electron chi connectivity index (χ2n) is 6.71. The summed E-state index contributed by atoms with van der Waals surface area (Å²) < 4.78 is 1.74. The van der Waals surface area contributed by atoms with E-state index in [1.54, 1.807) is 4.68 Å². The Hall–Kier alpha value is -2.50. The van der Waals surface area contributed by atoms with Crippen molar-refractivity contribution in [3.63, 3.8) is 0 Å². The van der Waals surface area contributed by atoms with E-state index in [0.29, 0.717) is 0 Å². The van der Waals surface area contributed by atoms with Gasteiger partial charge in [-0.05, 0) is 37.5 Å². The predicted molar refractivity (Wildman–Crippen MR) is 101 cm³/mol. The maximum Gasteiger partial charge on any atom is 0.322 e. The molecule has 0 aliphatic carbocycles. The summed E-state index contributed by atoms with van der Waals surface area (Å²) >= 11 is 0. The lowest BCUT2D eigenvalue weighted by Gasteiger charge is -2.36. The molecule has 0 radical (unpaired) electrons. The number of rotatable bonds is 3. The molecule has 0 unspecified atom stereocenters. The molecular weight excluding hydrogens is 314 g/mol. The van der Waals surface area contributed by atoms with E-state index in [0.717, 1.165) is 44.0 Å². The molecule has 0 atom stereocenters. The van der Waals surface area contributed by atoms with Crippen molar-refractivity contribution in [2.24, 2.45) is 7.05 Å². The fourth-order valence-electron chi connectivity index (χ4n) is 3.30. The van der Waals surface area contributed by atoms with Crippen LogP contribution in [0.3, 0.4) is 0 Å². The van der Waals surface area contributed by atoms with Crippen LogP contribution < -0.4 is 10.2 Å². The van der Waals surface area contributed by atoms with Crippen molar-refractivity contribution in [2.45, 2.75) is 27.2 Å². The van der Waals surface area contributed by atoms with Gasteiger partial charge in [0, 0.05) is 45.1 Å². The maximum atomic E-state index is 12.6. The van der Waals surface area contributed by atoms with Crippen molar-refractivity contribution in [1.29, 1.82) is 0 Å². The van der Waals surface area contributed by atoms with E-state index in [-0.39, 0.29) is 6.03 Å². The number of amides is 2. The molecule has 1 saturated heterocycles. The van der Waals surface area contributed by atoms with Crippen molar-refractivity contribution in [3.8, 4) is 0 Å². The average Bonchev–Trinajstić information content (AvgIpc) is 2.96. The molecule has 2 amide bonds. The van der Waals surface area contributed by atoms with Crippen LogP contribution in [-0.2, 0) is 13.5 Å². The number of anilines is 2. The van der Waals surface area contributed by atoms with Crippen LogP contribution in [0.2, 0.25) is 0 Å². The van der Waals surface area contributed by atoms with Crippen molar-refractivity contribution >= 4 is 17.4 Å². The molecule has 6 heteroatoms. The smallest absolute Gasteiger partial charge is 0.322 e. The number of hydrogen-bond donors (Lipinski definition) is 1. The van der Waals surface area contributed by atoms with E-state index < -0.39 is 0 Å². The van der Waals surface area contributed by atoms with Crippen LogP contribution in [0.15, 0.2) is 24.4 Å². The Bertz CT molecular complexity index is 759. The molecule has 1 aromatic heterocycles. The van der Waals surface area contributed by atoms with Gasteiger partial charge in [-0.25, -0.2) is 4.79 Å². The number of urea groups is 1. The van der Waals surface area contributed by atoms with Crippen molar-refractivity contribution in [1.82, 2.24) is 14.7 Å². The topological polar surface area (TPSA) is 53.4 Å². The zero-order valence-corrected chi connectivity index (χ0v) is 15.5. The summed E-state index contributed by atoms with van der Waals surface area (Å²) in [6.07, 6.45) is 2.67. The molecule has 2 aromatic rings. The van der Waals surface area contributed by atoms with E-state index in [9.17, 15) is 4.79 Å². The highest BCUT2D eigenvalue weighted by Gasteiger charge is 2.23. The van der Waals surface area contributed by atoms with Gasteiger partial charge in [0.05, 0.1) is 11.4 Å². The summed E-state index contributed by atoms with van der Waals surface area (Å²) in [4.78, 5) is 16.8. The van der Waals surface area contributed by atoms with Crippen LogP contribution in [0.4, 0.5) is 16.2 Å². The molecule has 0 bridgehead atoms. The predicted octanol–water partition coefficient (Wildman–Crippen LogP) is 2.95. The number of piperazine rings is 1. The highest BCUT2D eigenvalue weighted by atomic mass is 16.2. The normalized spacial score (nSPS) is 14.7. The molecule has 1 aliphatic heterocycles. The molecule has 6 nitrogen and oxygen atoms in total. The molecule has 0 saturated carbocycles. The van der Waals surface area contributed by atoms with Crippen LogP contribution >= 0.6 is 0 Å². The van der Waals surface area contributed by atoms with Crippen LogP contribution in [-0.4, -0.2) is 46.9 Å². The van der Waals surface area contributed by atoms with Gasteiger partial charge < -0.3 is 15.1 Å². The monoisotopic (exact) mass is 341 g/mol. The highest BCUT2D eigenvalue weighted by Crippen LogP contribution is 2.23. The van der Waals surface area contributed by atoms with Crippen LogP contribution in [0.5, 0.6) is 0 Å². The van der Waals surface area contributed by atoms with Gasteiger partial charge in [0.25, 0.3) is 0 Å². The van der Waals surface area contributed by atoms with Gasteiger partial charge in [0.15, 0.2) is 0 Å². The van der Waals surface area contributed by atoms with Crippen molar-refractivity contribution in [2.75, 3.05) is 36.4 Å². The van der Waals surface area contributed by atoms with Crippen LogP contribution in [0.25, 0.3) is 0 Å². The summed E-state index contributed by atoms with van der Waals surface area (Å²) in [5.41, 5.74) is 5.56. The van der Waals surface area contributed by atoms with E-state index in [2.05, 4.69) is 47.4 Å². The summed E-state index contributed by atoms with van der Waals surface area (Å²) in [6, 6.07) is 6.50. The minimum absolute atomic E-state index is 0.0386. The Balaban J connectivity index is 1.62. The van der Waals surface area contributed by atoms with Crippen LogP contribution in [0.1, 0.15) is 23.7 Å². The number of nitrogens with one attached hydrogen (secondary N) is 1. The second kappa shape index (κ2) is 7.17. The summed E-state index contributed by atoms with van der Waals surface area (Å²) in [5.74, 6) is 0. The number of benzene rings is 1. The van der Waals surface area contributed by atoms with E-state index in [4.69, 9.17) is 0 Å². The minimum atomic E-state index is -0.0386. The first-order chi connectivity index (χ1) is 12.0. The van der Waals surface area contributed by atoms with Gasteiger partial charge in [-0.1, -0.05) is 19.1 Å². The van der Waals surface area contributed by atoms with Crippen molar-refractivity contribution in [3.05, 3.63) is 41.2 Å². The molecular formula is C19H27N5O. The molecule has 1 aromatic carbocycles. The maximum absolute atomic E-state index is 12.6. The van der Waals surface area contributed by atoms with Crippen LogP contribution in [0, 0.1) is 13.8 Å². The third-order valence-electron chi connectivity index (χ3n) is 4.75. The first-order valence-corrected chi connectivity index (χ1v) is 8.88. The zero-order chi connectivity index (χ0) is 18.0. The number of carbonyl (C=O) groups excluding carboxylic acids is 1. The number of aromatic nitrogens is 2. The number of hydrogen-bond acceptors (Lipinski definition) is 3. The molecule has 3 rings (SSSR count). The van der Waals surface area contributed by atoms with Gasteiger partial charge in [0.2, 0.25) is 0 Å². The third kappa shape index (κ3) is 3.78. The SMILES string of the molecule is CCc1nn(C)cc1NC(=O)N1CCN(c2cc(C)ccc2C)CC1. The Morgan fingerprint density at radius 2 is 1.92 bits per heavy atom. The van der Waals surface area contributed by atoms with Gasteiger partial charge in [-0.15, -0.1) is 0 Å². The summed E-state index contributed by atoms with van der Waals surface area (Å²) in [7, 11) is 1.87. The largest absolute Gasteiger partial charge is 0.368 e. The summed E-state index contributed by atoms with van der Waals surface area (Å²) in [6.45, 7) is 9.45. The lowest BCUT2D eigenvalue weighted by atomic mass is 10.1. The fourth-order valence-corrected chi connectivity index (χ4v) is 3.30. The first kappa shape index (κ1) is 17.3. The van der Waals surface area contributed by atoms with Crippen molar-refractivity contribution < 1.29 is 4.79 Å².